The van der Waals surface area contributed by atoms with Gasteiger partial charge in [0.2, 0.25) is 13.4 Å². The van der Waals surface area contributed by atoms with Gasteiger partial charge >= 0.3 is 0 Å². The molecule has 0 atom stereocenters. The third kappa shape index (κ3) is 7.77. The Kier molecular flexibility index (Phi) is 13.4. The molecule has 5 aromatic carbocycles. The number of nitro benzene ring substituents is 8. The van der Waals surface area contributed by atoms with E-state index >= 15 is 0 Å². The average molecular weight is 934 g/mol. The predicted molar refractivity (Wildman–Crippen MR) is 252 cm³/mol. The molecule has 0 saturated carbocycles. The number of rotatable bonds is 14. The highest BCUT2D eigenvalue weighted by atomic mass is 16.7. The van der Waals surface area contributed by atoms with Gasteiger partial charge in [0.05, 0.1) is 39.4 Å². The predicted octanol–water partition coefficient (Wildman–Crippen LogP) is 5.69. The number of nitro groups is 8. The zero-order valence-electron chi connectivity index (χ0n) is 38.6. The third-order valence-corrected chi connectivity index (χ3v) is 13.1. The second kappa shape index (κ2) is 18.0. The minimum atomic E-state index is -1.49. The van der Waals surface area contributed by atoms with Crippen LogP contribution in [0.2, 0.25) is 0 Å². The summed E-state index contributed by atoms with van der Waals surface area (Å²) in [6.07, 6.45) is 0. The standard InChI is InChI=1S/C42H40B2N8O16/c1-17-31(18(2)36(46(55)56)25(9)35(17)45(53)54)43(32-19(3)37(47(57)58)26(10)38(20(32)4)48(59)60)29-13-15-30(16-14-29)44(33-21(5)39(49(61)62)27(11)40(22(33)6)50(63)64)34-23(7)41(51(65)66)28(12)42(24(34)8)52(67)68/h13-16H,1-12H3. The van der Waals surface area contributed by atoms with E-state index in [2.05, 4.69) is 0 Å². The molecular weight excluding hydrogens is 894 g/mol. The molecule has 68 heavy (non-hydrogen) atoms. The van der Waals surface area contributed by atoms with E-state index in [0.29, 0.717) is 0 Å². The Morgan fingerprint density at radius 3 is 0.471 bits per heavy atom. The van der Waals surface area contributed by atoms with Gasteiger partial charge in [-0.2, -0.15) is 0 Å². The van der Waals surface area contributed by atoms with Crippen molar-refractivity contribution in [3.8, 4) is 0 Å². The molecule has 0 bridgehead atoms. The first-order valence-electron chi connectivity index (χ1n) is 20.3. The summed E-state index contributed by atoms with van der Waals surface area (Å²) < 4.78 is 0. The van der Waals surface area contributed by atoms with Crippen LogP contribution in [0, 0.1) is 164 Å². The molecule has 0 amide bonds. The van der Waals surface area contributed by atoms with Crippen LogP contribution in [0.3, 0.4) is 0 Å². The molecule has 24 nitrogen and oxygen atoms in total. The second-order valence-electron chi connectivity index (χ2n) is 16.5. The van der Waals surface area contributed by atoms with Crippen molar-refractivity contribution in [2.75, 3.05) is 0 Å². The van der Waals surface area contributed by atoms with Crippen molar-refractivity contribution in [2.45, 2.75) is 83.1 Å². The van der Waals surface area contributed by atoms with Gasteiger partial charge in [0.25, 0.3) is 45.5 Å². The van der Waals surface area contributed by atoms with Crippen LogP contribution in [0.1, 0.15) is 66.8 Å². The Hall–Kier alpha value is -8.57. The Bertz CT molecular complexity index is 2630. The van der Waals surface area contributed by atoms with E-state index in [4.69, 9.17) is 0 Å². The highest BCUT2D eigenvalue weighted by molar-refractivity contribution is 6.98. The van der Waals surface area contributed by atoms with Crippen LogP contribution in [0.4, 0.5) is 45.5 Å². The molecule has 5 rings (SSSR count). The Morgan fingerprint density at radius 2 is 0.368 bits per heavy atom. The number of nitrogens with zero attached hydrogens (tertiary/aromatic N) is 8. The van der Waals surface area contributed by atoms with Crippen molar-refractivity contribution in [3.05, 3.63) is 172 Å². The maximum atomic E-state index is 12.7. The van der Waals surface area contributed by atoms with Gasteiger partial charge in [-0.25, -0.2) is 0 Å². The van der Waals surface area contributed by atoms with E-state index in [1.54, 1.807) is 0 Å². The van der Waals surface area contributed by atoms with Gasteiger partial charge in [-0.15, -0.1) is 0 Å². The van der Waals surface area contributed by atoms with E-state index in [1.165, 1.54) is 107 Å². The first kappa shape index (κ1) is 50.4. The Morgan fingerprint density at radius 1 is 0.250 bits per heavy atom. The van der Waals surface area contributed by atoms with Crippen LogP contribution >= 0.6 is 0 Å². The molecule has 0 radical (unpaired) electrons. The van der Waals surface area contributed by atoms with E-state index < -0.39 is 98.3 Å². The van der Waals surface area contributed by atoms with Crippen molar-refractivity contribution in [3.63, 3.8) is 0 Å². The largest absolute Gasteiger partial charge is 0.281 e. The number of hydrogen-bond donors (Lipinski definition) is 0. The van der Waals surface area contributed by atoms with Gasteiger partial charge in [-0.3, -0.25) is 80.9 Å². The van der Waals surface area contributed by atoms with Crippen molar-refractivity contribution in [1.29, 1.82) is 0 Å². The lowest BCUT2D eigenvalue weighted by Gasteiger charge is -2.26. The summed E-state index contributed by atoms with van der Waals surface area (Å²) in [6, 6.07) is 5.46. The molecule has 26 heteroatoms. The molecule has 0 aliphatic heterocycles. The highest BCUT2D eigenvalue weighted by Crippen LogP contribution is 2.38. The first-order valence-corrected chi connectivity index (χ1v) is 20.3. The molecular formula is C42H40B2N8O16. The van der Waals surface area contributed by atoms with Gasteiger partial charge in [-0.05, 0) is 105 Å². The van der Waals surface area contributed by atoms with Crippen LogP contribution < -0.4 is 32.8 Å². The smallest absolute Gasteiger partial charge is 0.258 e. The lowest BCUT2D eigenvalue weighted by molar-refractivity contribution is -0.396. The molecule has 0 unspecified atom stereocenters. The zero-order chi connectivity index (χ0) is 51.6. The highest BCUT2D eigenvalue weighted by Gasteiger charge is 2.44. The summed E-state index contributed by atoms with van der Waals surface area (Å²) in [6.45, 7) is 12.2. The summed E-state index contributed by atoms with van der Waals surface area (Å²) in [4.78, 5) is 94.8. The summed E-state index contributed by atoms with van der Waals surface area (Å²) in [7, 11) is 0. The summed E-state index contributed by atoms with van der Waals surface area (Å²) in [5.41, 5.74) is -7.90. The van der Waals surface area contributed by atoms with Gasteiger partial charge in [0.1, 0.15) is 22.3 Å². The molecule has 0 fully saturated rings. The van der Waals surface area contributed by atoms with E-state index in [0.717, 1.165) is 0 Å². The van der Waals surface area contributed by atoms with Crippen molar-refractivity contribution in [1.82, 2.24) is 0 Å². The molecule has 0 spiro atoms. The van der Waals surface area contributed by atoms with Crippen LogP contribution in [-0.2, 0) is 0 Å². The average Bonchev–Trinajstić information content (AvgIpc) is 3.18. The first-order chi connectivity index (χ1) is 31.5. The van der Waals surface area contributed by atoms with Crippen LogP contribution in [0.25, 0.3) is 0 Å². The SMILES string of the molecule is Cc1c(B(c2ccc(B(c3c(C)c([N+](=O)[O-])c(C)c([N+](=O)[O-])c3C)c3c(C)c([N+](=O)[O-])c(C)c([N+](=O)[O-])c3C)cc2)c2c(C)c([N+](=O)[O-])c(C)c([N+](=O)[O-])c2C)c(C)c([N+](=O)[O-])c(C)c1[N+](=O)[O-]. The Balaban J connectivity index is 2.10. The van der Waals surface area contributed by atoms with E-state index in [1.807, 2.05) is 0 Å². The lowest BCUT2D eigenvalue weighted by atomic mass is 9.32. The zero-order valence-corrected chi connectivity index (χ0v) is 38.6. The maximum Gasteiger partial charge on any atom is 0.281 e. The quantitative estimate of drug-likeness (QED) is 0.0733. The number of hydrogen-bond acceptors (Lipinski definition) is 16. The topological polar surface area (TPSA) is 345 Å². The van der Waals surface area contributed by atoms with Gasteiger partial charge < -0.3 is 0 Å². The van der Waals surface area contributed by atoms with Crippen molar-refractivity contribution in [2.24, 2.45) is 0 Å². The Labute approximate surface area is 385 Å². The minimum Gasteiger partial charge on any atom is -0.258 e. The second-order valence-corrected chi connectivity index (χ2v) is 16.5. The molecule has 0 heterocycles. The molecule has 0 aliphatic carbocycles. The molecule has 0 N–H and O–H groups in total. The van der Waals surface area contributed by atoms with Crippen LogP contribution in [-0.4, -0.2) is 52.8 Å². The summed E-state index contributed by atoms with van der Waals surface area (Å²) >= 11 is 0. The normalized spacial score (nSPS) is 11.0. The molecule has 5 aromatic rings. The third-order valence-electron chi connectivity index (χ3n) is 13.1. The van der Waals surface area contributed by atoms with Crippen LogP contribution in [0.5, 0.6) is 0 Å². The fraction of sp³-hybridized carbons (Fsp3) is 0.286. The summed E-state index contributed by atoms with van der Waals surface area (Å²) in [5.74, 6) is 0. The maximum absolute atomic E-state index is 12.7. The van der Waals surface area contributed by atoms with Crippen LogP contribution in [0.15, 0.2) is 24.3 Å². The molecule has 0 aliphatic rings. The summed E-state index contributed by atoms with van der Waals surface area (Å²) in [5, 5.41) is 101. The fourth-order valence-electron chi connectivity index (χ4n) is 10.6. The monoisotopic (exact) mass is 934 g/mol. The fourth-order valence-corrected chi connectivity index (χ4v) is 10.6. The van der Waals surface area contributed by atoms with E-state index in [-0.39, 0.29) is 99.5 Å². The molecule has 350 valence electrons. The lowest BCUT2D eigenvalue weighted by Crippen LogP contribution is -2.58. The van der Waals surface area contributed by atoms with Crippen molar-refractivity contribution >= 4 is 91.7 Å². The molecule has 0 saturated heterocycles. The van der Waals surface area contributed by atoms with Gasteiger partial charge in [0, 0.05) is 44.5 Å². The molecule has 0 aromatic heterocycles. The van der Waals surface area contributed by atoms with Crippen molar-refractivity contribution < 1.29 is 39.4 Å². The van der Waals surface area contributed by atoms with Gasteiger partial charge in [-0.1, -0.05) is 35.2 Å². The van der Waals surface area contributed by atoms with E-state index in [9.17, 15) is 80.9 Å². The number of benzene rings is 5. The minimum absolute atomic E-state index is 0.0772. The van der Waals surface area contributed by atoms with Gasteiger partial charge in [0.15, 0.2) is 0 Å².